The van der Waals surface area contributed by atoms with Gasteiger partial charge in [-0.25, -0.2) is 5.01 Å². The maximum Gasteiger partial charge on any atom is 0.154 e. The molecule has 1 N–H and O–H groups in total. The number of benzene rings is 2. The van der Waals surface area contributed by atoms with Crippen LogP contribution in [-0.2, 0) is 6.61 Å². The SMILES string of the molecule is COc1ccc(COc2ccc(N3CN=NN3)cc2)cc1. The Balaban J connectivity index is 1.57. The summed E-state index contributed by atoms with van der Waals surface area (Å²) in [4.78, 5) is 0. The highest BCUT2D eigenvalue weighted by molar-refractivity contribution is 5.48. The van der Waals surface area contributed by atoms with Gasteiger partial charge in [0.05, 0.1) is 12.8 Å². The number of anilines is 1. The number of hydrazine groups is 1. The lowest BCUT2D eigenvalue weighted by molar-refractivity contribution is 0.306. The van der Waals surface area contributed by atoms with Gasteiger partial charge in [0.1, 0.15) is 18.1 Å². The van der Waals surface area contributed by atoms with Crippen LogP contribution >= 0.6 is 0 Å². The van der Waals surface area contributed by atoms with Gasteiger partial charge in [-0.3, -0.25) is 0 Å². The first kappa shape index (κ1) is 13.2. The fraction of sp³-hybridized carbons (Fsp3) is 0.200. The molecular formula is C15H16N4O2. The van der Waals surface area contributed by atoms with Crippen molar-refractivity contribution in [1.82, 2.24) is 5.53 Å². The second-order valence-electron chi connectivity index (χ2n) is 4.54. The van der Waals surface area contributed by atoms with E-state index in [0.29, 0.717) is 13.3 Å². The lowest BCUT2D eigenvalue weighted by atomic mass is 10.2. The van der Waals surface area contributed by atoms with E-state index in [4.69, 9.17) is 9.47 Å². The molecule has 21 heavy (non-hydrogen) atoms. The van der Waals surface area contributed by atoms with Crippen LogP contribution in [-0.4, -0.2) is 13.8 Å². The van der Waals surface area contributed by atoms with Gasteiger partial charge in [0.2, 0.25) is 0 Å². The molecule has 1 aliphatic heterocycles. The minimum absolute atomic E-state index is 0.520. The first-order valence-electron chi connectivity index (χ1n) is 6.60. The average Bonchev–Trinajstić information content (AvgIpc) is 3.08. The largest absolute Gasteiger partial charge is 0.497 e. The Kier molecular flexibility index (Phi) is 3.86. The van der Waals surface area contributed by atoms with Crippen LogP contribution in [0, 0.1) is 0 Å². The molecule has 0 saturated carbocycles. The molecule has 6 nitrogen and oxygen atoms in total. The quantitative estimate of drug-likeness (QED) is 0.917. The predicted molar refractivity (Wildman–Crippen MR) is 79.1 cm³/mol. The molecule has 0 unspecified atom stereocenters. The van der Waals surface area contributed by atoms with Crippen molar-refractivity contribution in [1.29, 1.82) is 0 Å². The molecule has 0 aliphatic carbocycles. The molecule has 3 rings (SSSR count). The second kappa shape index (κ2) is 6.13. The highest BCUT2D eigenvalue weighted by atomic mass is 16.5. The molecule has 1 aliphatic rings. The maximum atomic E-state index is 5.76. The molecule has 2 aromatic rings. The zero-order chi connectivity index (χ0) is 14.5. The van der Waals surface area contributed by atoms with Crippen molar-refractivity contribution >= 4 is 5.69 Å². The van der Waals surface area contributed by atoms with Crippen LogP contribution in [0.2, 0.25) is 0 Å². The normalized spacial score (nSPS) is 13.1. The number of hydrogen-bond acceptors (Lipinski definition) is 6. The van der Waals surface area contributed by atoms with Crippen molar-refractivity contribution < 1.29 is 9.47 Å². The number of nitrogens with zero attached hydrogens (tertiary/aromatic N) is 3. The third-order valence-corrected chi connectivity index (χ3v) is 3.15. The van der Waals surface area contributed by atoms with Gasteiger partial charge in [0.15, 0.2) is 6.67 Å². The van der Waals surface area contributed by atoms with Crippen molar-refractivity contribution in [3.05, 3.63) is 54.1 Å². The zero-order valence-corrected chi connectivity index (χ0v) is 11.7. The Morgan fingerprint density at radius 1 is 1.05 bits per heavy atom. The van der Waals surface area contributed by atoms with E-state index < -0.39 is 0 Å². The molecule has 0 aromatic heterocycles. The third-order valence-electron chi connectivity index (χ3n) is 3.15. The lowest BCUT2D eigenvalue weighted by Crippen LogP contribution is -2.29. The number of nitrogens with one attached hydrogen (secondary N) is 1. The van der Waals surface area contributed by atoms with Crippen LogP contribution in [0.4, 0.5) is 5.69 Å². The van der Waals surface area contributed by atoms with Crippen molar-refractivity contribution in [2.75, 3.05) is 18.8 Å². The summed E-state index contributed by atoms with van der Waals surface area (Å²) in [6.45, 7) is 1.04. The van der Waals surface area contributed by atoms with Gasteiger partial charge >= 0.3 is 0 Å². The first-order chi connectivity index (χ1) is 10.3. The first-order valence-corrected chi connectivity index (χ1v) is 6.60. The summed E-state index contributed by atoms with van der Waals surface area (Å²) in [5.41, 5.74) is 4.89. The van der Waals surface area contributed by atoms with Crippen LogP contribution in [0.25, 0.3) is 0 Å². The highest BCUT2D eigenvalue weighted by Crippen LogP contribution is 2.21. The zero-order valence-electron chi connectivity index (χ0n) is 11.7. The van der Waals surface area contributed by atoms with Crippen molar-refractivity contribution in [3.63, 3.8) is 0 Å². The molecule has 108 valence electrons. The summed E-state index contributed by atoms with van der Waals surface area (Å²) < 4.78 is 10.9. The van der Waals surface area contributed by atoms with Gasteiger partial charge in [-0.15, -0.1) is 5.11 Å². The number of methoxy groups -OCH3 is 1. The van der Waals surface area contributed by atoms with E-state index in [1.807, 2.05) is 53.5 Å². The molecule has 1 heterocycles. The Bertz CT molecular complexity index is 603. The second-order valence-corrected chi connectivity index (χ2v) is 4.54. The molecule has 0 atom stereocenters. The van der Waals surface area contributed by atoms with Crippen molar-refractivity contribution in [2.45, 2.75) is 6.61 Å². The summed E-state index contributed by atoms with van der Waals surface area (Å²) in [7, 11) is 1.66. The predicted octanol–water partition coefficient (Wildman–Crippen LogP) is 2.92. The Morgan fingerprint density at radius 3 is 2.38 bits per heavy atom. The van der Waals surface area contributed by atoms with Crippen LogP contribution < -0.4 is 20.0 Å². The van der Waals surface area contributed by atoms with Crippen LogP contribution in [0.3, 0.4) is 0 Å². The van der Waals surface area contributed by atoms with Gasteiger partial charge in [-0.05, 0) is 42.0 Å². The number of ether oxygens (including phenoxy) is 2. The van der Waals surface area contributed by atoms with E-state index in [-0.39, 0.29) is 0 Å². The van der Waals surface area contributed by atoms with Crippen molar-refractivity contribution in [3.8, 4) is 11.5 Å². The topological polar surface area (TPSA) is 58.5 Å². The Labute approximate surface area is 123 Å². The smallest absolute Gasteiger partial charge is 0.154 e. The molecular weight excluding hydrogens is 268 g/mol. The number of hydrogen-bond donors (Lipinski definition) is 1. The van der Waals surface area contributed by atoms with Gasteiger partial charge in [0, 0.05) is 0 Å². The third kappa shape index (κ3) is 3.22. The van der Waals surface area contributed by atoms with Crippen LogP contribution in [0.15, 0.2) is 58.9 Å². The van der Waals surface area contributed by atoms with Crippen LogP contribution in [0.1, 0.15) is 5.56 Å². The van der Waals surface area contributed by atoms with Crippen LogP contribution in [0.5, 0.6) is 11.5 Å². The summed E-state index contributed by atoms with van der Waals surface area (Å²) in [6, 6.07) is 15.6. The minimum Gasteiger partial charge on any atom is -0.497 e. The summed E-state index contributed by atoms with van der Waals surface area (Å²) in [5.74, 6) is 1.67. The molecule has 0 amide bonds. The molecule has 0 bridgehead atoms. The lowest BCUT2D eigenvalue weighted by Gasteiger charge is -2.15. The minimum atomic E-state index is 0.520. The molecule has 0 radical (unpaired) electrons. The van der Waals surface area contributed by atoms with E-state index in [0.717, 1.165) is 22.7 Å². The highest BCUT2D eigenvalue weighted by Gasteiger charge is 2.08. The van der Waals surface area contributed by atoms with E-state index in [9.17, 15) is 0 Å². The Morgan fingerprint density at radius 2 is 1.76 bits per heavy atom. The fourth-order valence-corrected chi connectivity index (χ4v) is 1.96. The van der Waals surface area contributed by atoms with Gasteiger partial charge in [-0.1, -0.05) is 17.4 Å². The molecule has 0 spiro atoms. The molecule has 6 heteroatoms. The number of rotatable bonds is 5. The van der Waals surface area contributed by atoms with Gasteiger partial charge in [-0.2, -0.15) is 5.53 Å². The van der Waals surface area contributed by atoms with E-state index in [1.54, 1.807) is 7.11 Å². The van der Waals surface area contributed by atoms with Gasteiger partial charge in [0.25, 0.3) is 0 Å². The average molecular weight is 284 g/mol. The van der Waals surface area contributed by atoms with Crippen molar-refractivity contribution in [2.24, 2.45) is 10.3 Å². The van der Waals surface area contributed by atoms with E-state index in [1.165, 1.54) is 0 Å². The van der Waals surface area contributed by atoms with E-state index in [2.05, 4.69) is 15.9 Å². The Hall–Kier alpha value is -2.76. The molecule has 0 fully saturated rings. The summed E-state index contributed by atoms with van der Waals surface area (Å²) >= 11 is 0. The van der Waals surface area contributed by atoms with Gasteiger partial charge < -0.3 is 9.47 Å². The monoisotopic (exact) mass is 284 g/mol. The summed E-state index contributed by atoms with van der Waals surface area (Å²) in [6.07, 6.45) is 0. The fourth-order valence-electron chi connectivity index (χ4n) is 1.96. The summed E-state index contributed by atoms with van der Waals surface area (Å²) in [5, 5.41) is 9.41. The maximum absolute atomic E-state index is 5.76. The standard InChI is InChI=1S/C15H16N4O2/c1-20-14-6-2-12(3-7-14)10-21-15-8-4-13(5-9-15)19-11-16-17-18-19/h2-9H,10-11H2,1H3,(H,16,18). The molecule has 2 aromatic carbocycles. The van der Waals surface area contributed by atoms with E-state index >= 15 is 0 Å². The molecule has 0 saturated heterocycles.